The summed E-state index contributed by atoms with van der Waals surface area (Å²) in [5.41, 5.74) is 0.276. The first-order chi connectivity index (χ1) is 7.69. The van der Waals surface area contributed by atoms with E-state index in [0.29, 0.717) is 6.42 Å². The van der Waals surface area contributed by atoms with Crippen molar-refractivity contribution < 1.29 is 9.90 Å². The minimum Gasteiger partial charge on any atom is -0.507 e. The van der Waals surface area contributed by atoms with Gasteiger partial charge < -0.3 is 10.4 Å². The number of phenols is 1. The number of terminal acetylenes is 1. The van der Waals surface area contributed by atoms with Gasteiger partial charge in [-0.1, -0.05) is 19.1 Å². The molecular weight excluding hydrogens is 202 g/mol. The summed E-state index contributed by atoms with van der Waals surface area (Å²) in [6, 6.07) is 6.39. The fraction of sp³-hybridized carbons (Fsp3) is 0.308. The molecule has 0 spiro atoms. The lowest BCUT2D eigenvalue weighted by Gasteiger charge is -2.14. The third-order valence-electron chi connectivity index (χ3n) is 2.34. The molecule has 1 atom stereocenters. The maximum Gasteiger partial charge on any atom is 0.255 e. The van der Waals surface area contributed by atoms with Crippen LogP contribution in [0.3, 0.4) is 0 Å². The van der Waals surface area contributed by atoms with Gasteiger partial charge in [-0.15, -0.1) is 12.3 Å². The normalized spacial score (nSPS) is 11.5. The number of hydrogen-bond donors (Lipinski definition) is 2. The van der Waals surface area contributed by atoms with E-state index < -0.39 is 0 Å². The van der Waals surface area contributed by atoms with Crippen molar-refractivity contribution in [2.45, 2.75) is 25.8 Å². The second kappa shape index (κ2) is 5.82. The molecule has 0 radical (unpaired) electrons. The molecule has 1 rings (SSSR count). The Labute approximate surface area is 95.5 Å². The standard InChI is InChI=1S/C13H15NO2/c1-3-7-10(4-2)14-13(16)11-8-5-6-9-12(11)15/h1,5-6,8-10,15H,4,7H2,2H3,(H,14,16). The zero-order valence-electron chi connectivity index (χ0n) is 9.23. The van der Waals surface area contributed by atoms with Gasteiger partial charge in [0.2, 0.25) is 0 Å². The minimum atomic E-state index is -0.291. The molecule has 1 aromatic carbocycles. The molecule has 1 unspecified atom stereocenters. The number of hydrogen-bond acceptors (Lipinski definition) is 2. The highest BCUT2D eigenvalue weighted by molar-refractivity contribution is 5.96. The van der Waals surface area contributed by atoms with Crippen LogP contribution in [0.15, 0.2) is 24.3 Å². The zero-order chi connectivity index (χ0) is 12.0. The van der Waals surface area contributed by atoms with Crippen LogP contribution >= 0.6 is 0 Å². The van der Waals surface area contributed by atoms with Gasteiger partial charge in [0.1, 0.15) is 5.75 Å². The summed E-state index contributed by atoms with van der Waals surface area (Å²) >= 11 is 0. The van der Waals surface area contributed by atoms with Crippen LogP contribution in [0.1, 0.15) is 30.1 Å². The number of phenolic OH excluding ortho intramolecular Hbond substituents is 1. The Morgan fingerprint density at radius 3 is 2.81 bits per heavy atom. The lowest BCUT2D eigenvalue weighted by molar-refractivity contribution is 0.0934. The fourth-order valence-corrected chi connectivity index (χ4v) is 1.37. The molecule has 2 N–H and O–H groups in total. The van der Waals surface area contributed by atoms with Crippen LogP contribution in [0.2, 0.25) is 0 Å². The van der Waals surface area contributed by atoms with Crippen molar-refractivity contribution in [3.8, 4) is 18.1 Å². The van der Waals surface area contributed by atoms with Gasteiger partial charge in [0.25, 0.3) is 5.91 Å². The van der Waals surface area contributed by atoms with Crippen molar-refractivity contribution in [1.82, 2.24) is 5.32 Å². The molecule has 0 heterocycles. The summed E-state index contributed by atoms with van der Waals surface area (Å²) in [6.07, 6.45) is 6.46. The number of para-hydroxylation sites is 1. The van der Waals surface area contributed by atoms with Crippen LogP contribution in [0, 0.1) is 12.3 Å². The molecule has 1 amide bonds. The lowest BCUT2D eigenvalue weighted by Crippen LogP contribution is -2.34. The second-order valence-electron chi connectivity index (χ2n) is 3.50. The van der Waals surface area contributed by atoms with Gasteiger partial charge in [-0.2, -0.15) is 0 Å². The van der Waals surface area contributed by atoms with Crippen molar-refractivity contribution in [3.05, 3.63) is 29.8 Å². The summed E-state index contributed by atoms with van der Waals surface area (Å²) in [5, 5.41) is 12.3. The molecule has 0 bridgehead atoms. The Kier molecular flexibility index (Phi) is 4.41. The fourth-order valence-electron chi connectivity index (χ4n) is 1.37. The highest BCUT2D eigenvalue weighted by Crippen LogP contribution is 2.15. The highest BCUT2D eigenvalue weighted by Gasteiger charge is 2.13. The molecule has 0 aliphatic heterocycles. The van der Waals surface area contributed by atoms with Gasteiger partial charge in [-0.3, -0.25) is 4.79 Å². The Balaban J connectivity index is 2.73. The Bertz CT molecular complexity index is 407. The van der Waals surface area contributed by atoms with E-state index in [1.165, 1.54) is 6.07 Å². The van der Waals surface area contributed by atoms with Crippen LogP contribution in [0.5, 0.6) is 5.75 Å². The summed E-state index contributed by atoms with van der Waals surface area (Å²) in [5.74, 6) is 2.20. The van der Waals surface area contributed by atoms with E-state index in [9.17, 15) is 9.90 Å². The molecule has 1 aromatic rings. The maximum absolute atomic E-state index is 11.8. The van der Waals surface area contributed by atoms with Gasteiger partial charge in [0.15, 0.2) is 0 Å². The molecule has 0 aliphatic carbocycles. The molecule has 0 saturated carbocycles. The van der Waals surface area contributed by atoms with Crippen molar-refractivity contribution in [3.63, 3.8) is 0 Å². The first-order valence-corrected chi connectivity index (χ1v) is 5.21. The van der Waals surface area contributed by atoms with E-state index >= 15 is 0 Å². The Hall–Kier alpha value is -1.95. The second-order valence-corrected chi connectivity index (χ2v) is 3.50. The van der Waals surface area contributed by atoms with Crippen LogP contribution in [-0.2, 0) is 0 Å². The average Bonchev–Trinajstić information content (AvgIpc) is 2.28. The number of carbonyl (C=O) groups excluding carboxylic acids is 1. The Morgan fingerprint density at radius 2 is 2.25 bits per heavy atom. The topological polar surface area (TPSA) is 49.3 Å². The summed E-state index contributed by atoms with van der Waals surface area (Å²) in [6.45, 7) is 1.95. The number of aromatic hydroxyl groups is 1. The largest absolute Gasteiger partial charge is 0.507 e. The predicted octanol–water partition coefficient (Wildman–Crippen LogP) is 1.92. The van der Waals surface area contributed by atoms with Crippen molar-refractivity contribution in [2.24, 2.45) is 0 Å². The van der Waals surface area contributed by atoms with Gasteiger partial charge >= 0.3 is 0 Å². The third-order valence-corrected chi connectivity index (χ3v) is 2.34. The third kappa shape index (κ3) is 3.03. The lowest BCUT2D eigenvalue weighted by atomic mass is 10.1. The number of carbonyl (C=O) groups is 1. The van der Waals surface area contributed by atoms with Gasteiger partial charge in [0, 0.05) is 12.5 Å². The number of nitrogens with one attached hydrogen (secondary N) is 1. The SMILES string of the molecule is C#CCC(CC)NC(=O)c1ccccc1O. The van der Waals surface area contributed by atoms with E-state index in [1.807, 2.05) is 6.92 Å². The van der Waals surface area contributed by atoms with Crippen LogP contribution < -0.4 is 5.32 Å². The van der Waals surface area contributed by atoms with Gasteiger partial charge in [-0.05, 0) is 18.6 Å². The van der Waals surface area contributed by atoms with Crippen LogP contribution in [0.25, 0.3) is 0 Å². The summed E-state index contributed by atoms with van der Waals surface area (Å²) < 4.78 is 0. The first-order valence-electron chi connectivity index (χ1n) is 5.21. The highest BCUT2D eigenvalue weighted by atomic mass is 16.3. The van der Waals surface area contributed by atoms with Gasteiger partial charge in [-0.25, -0.2) is 0 Å². The van der Waals surface area contributed by atoms with E-state index in [0.717, 1.165) is 6.42 Å². The average molecular weight is 217 g/mol. The quantitative estimate of drug-likeness (QED) is 0.757. The monoisotopic (exact) mass is 217 g/mol. The molecule has 84 valence electrons. The minimum absolute atomic E-state index is 0.0180. The summed E-state index contributed by atoms with van der Waals surface area (Å²) in [7, 11) is 0. The van der Waals surface area contributed by atoms with Crippen molar-refractivity contribution in [1.29, 1.82) is 0 Å². The zero-order valence-corrected chi connectivity index (χ0v) is 9.23. The molecule has 3 heteroatoms. The molecule has 0 aliphatic rings. The number of rotatable bonds is 4. The van der Waals surface area contributed by atoms with E-state index in [2.05, 4.69) is 11.2 Å². The van der Waals surface area contributed by atoms with E-state index in [-0.39, 0.29) is 23.3 Å². The van der Waals surface area contributed by atoms with Gasteiger partial charge in [0.05, 0.1) is 5.56 Å². The molecule has 3 nitrogen and oxygen atoms in total. The summed E-state index contributed by atoms with van der Waals surface area (Å²) in [4.78, 5) is 11.8. The molecule has 0 saturated heterocycles. The van der Waals surface area contributed by atoms with E-state index in [1.54, 1.807) is 18.2 Å². The Morgan fingerprint density at radius 1 is 1.56 bits per heavy atom. The molecule has 16 heavy (non-hydrogen) atoms. The maximum atomic E-state index is 11.8. The molecular formula is C13H15NO2. The molecule has 0 aromatic heterocycles. The van der Waals surface area contributed by atoms with Crippen molar-refractivity contribution in [2.75, 3.05) is 0 Å². The van der Waals surface area contributed by atoms with Crippen LogP contribution in [0.4, 0.5) is 0 Å². The first kappa shape index (κ1) is 12.1. The number of benzene rings is 1. The van der Waals surface area contributed by atoms with Crippen LogP contribution in [-0.4, -0.2) is 17.1 Å². The van der Waals surface area contributed by atoms with E-state index in [4.69, 9.17) is 6.42 Å². The predicted molar refractivity (Wildman–Crippen MR) is 63.1 cm³/mol. The smallest absolute Gasteiger partial charge is 0.255 e. The number of amides is 1. The van der Waals surface area contributed by atoms with Crippen molar-refractivity contribution >= 4 is 5.91 Å². The molecule has 0 fully saturated rings.